The number of nitrogens with zero attached hydrogens (tertiary/aromatic N) is 5. The molecule has 8 heteroatoms. The minimum absolute atomic E-state index is 0.126. The van der Waals surface area contributed by atoms with Crippen LogP contribution in [-0.4, -0.2) is 36.7 Å². The number of rotatable bonds is 5. The molecule has 0 aliphatic heterocycles. The van der Waals surface area contributed by atoms with Crippen LogP contribution >= 0.6 is 0 Å². The Bertz CT molecular complexity index is 974. The van der Waals surface area contributed by atoms with Crippen molar-refractivity contribution in [2.45, 2.75) is 32.4 Å². The lowest BCUT2D eigenvalue weighted by Crippen LogP contribution is -2.39. The Morgan fingerprint density at radius 3 is 2.80 bits per heavy atom. The van der Waals surface area contributed by atoms with Crippen LogP contribution in [-0.2, 0) is 11.3 Å². The number of carbonyl (C=O) groups is 1. The van der Waals surface area contributed by atoms with Gasteiger partial charge in [-0.05, 0) is 37.8 Å². The van der Waals surface area contributed by atoms with E-state index in [4.69, 9.17) is 0 Å². The zero-order valence-corrected chi connectivity index (χ0v) is 13.8. The molecule has 0 unspecified atom stereocenters. The predicted octanol–water partition coefficient (Wildman–Crippen LogP) is 0.892. The van der Waals surface area contributed by atoms with Crippen molar-refractivity contribution in [3.8, 4) is 5.69 Å². The van der Waals surface area contributed by atoms with E-state index in [2.05, 4.69) is 20.7 Å². The zero-order valence-electron chi connectivity index (χ0n) is 13.8. The summed E-state index contributed by atoms with van der Waals surface area (Å²) in [7, 11) is 0. The molecule has 1 fully saturated rings. The van der Waals surface area contributed by atoms with Crippen molar-refractivity contribution in [1.82, 2.24) is 30.1 Å². The summed E-state index contributed by atoms with van der Waals surface area (Å²) in [5, 5.41) is 15.5. The molecule has 1 aliphatic carbocycles. The first-order valence-corrected chi connectivity index (χ1v) is 8.30. The highest BCUT2D eigenvalue weighted by molar-refractivity contribution is 5.77. The quantitative estimate of drug-likeness (QED) is 0.745. The van der Waals surface area contributed by atoms with Crippen LogP contribution in [0.25, 0.3) is 16.7 Å². The van der Waals surface area contributed by atoms with Gasteiger partial charge in [-0.15, -0.1) is 5.10 Å². The number of carbonyl (C=O) groups excluding carboxylic acids is 1. The van der Waals surface area contributed by atoms with E-state index in [9.17, 15) is 9.59 Å². The number of fused-ring (bicyclic) bond motifs is 1. The maximum atomic E-state index is 12.6. The van der Waals surface area contributed by atoms with E-state index in [0.717, 1.165) is 23.2 Å². The summed E-state index contributed by atoms with van der Waals surface area (Å²) < 4.78 is 2.64. The molecule has 8 nitrogen and oxygen atoms in total. The normalized spacial score (nSPS) is 15.2. The number of para-hydroxylation sites is 1. The highest BCUT2D eigenvalue weighted by Gasteiger charge is 2.29. The van der Waals surface area contributed by atoms with Crippen molar-refractivity contribution in [3.05, 3.63) is 46.9 Å². The Hall–Kier alpha value is -3.03. The molecule has 1 aromatic carbocycles. The molecule has 1 aliphatic rings. The van der Waals surface area contributed by atoms with Crippen LogP contribution < -0.4 is 10.9 Å². The Kier molecular flexibility index (Phi) is 3.79. The number of nitrogens with one attached hydrogen (secondary N) is 1. The maximum absolute atomic E-state index is 12.6. The molecule has 128 valence electrons. The van der Waals surface area contributed by atoms with Crippen LogP contribution in [0.2, 0.25) is 0 Å². The molecule has 1 amide bonds. The molecule has 0 spiro atoms. The highest BCUT2D eigenvalue weighted by Crippen LogP contribution is 2.32. The first kappa shape index (κ1) is 15.5. The zero-order chi connectivity index (χ0) is 17.4. The van der Waals surface area contributed by atoms with E-state index in [1.165, 1.54) is 6.20 Å². The van der Waals surface area contributed by atoms with Gasteiger partial charge in [0.15, 0.2) is 5.65 Å². The molecule has 1 saturated carbocycles. The Labute approximate surface area is 143 Å². The summed E-state index contributed by atoms with van der Waals surface area (Å²) in [6.07, 6.45) is 3.75. The number of hydrogen-bond donors (Lipinski definition) is 1. The van der Waals surface area contributed by atoms with E-state index >= 15 is 0 Å². The third-order valence-electron chi connectivity index (χ3n) is 4.47. The summed E-state index contributed by atoms with van der Waals surface area (Å²) in [6.45, 7) is 1.84. The lowest BCUT2D eigenvalue weighted by atomic mass is 10.2. The van der Waals surface area contributed by atoms with Crippen LogP contribution in [0.5, 0.6) is 0 Å². The summed E-state index contributed by atoms with van der Waals surface area (Å²) in [5.74, 6) is 0.323. The summed E-state index contributed by atoms with van der Waals surface area (Å²) in [5.41, 5.74) is 0.792. The van der Waals surface area contributed by atoms with Crippen LogP contribution in [0.3, 0.4) is 0 Å². The summed E-state index contributed by atoms with van der Waals surface area (Å²) in [6, 6.07) is 9.51. The largest absolute Gasteiger partial charge is 0.352 e. The van der Waals surface area contributed by atoms with Crippen LogP contribution in [0.1, 0.15) is 19.8 Å². The average Bonchev–Trinajstić information content (AvgIpc) is 3.38. The van der Waals surface area contributed by atoms with Crippen LogP contribution in [0.4, 0.5) is 0 Å². The second-order valence-corrected chi connectivity index (χ2v) is 6.38. The van der Waals surface area contributed by atoms with E-state index in [0.29, 0.717) is 17.0 Å². The fraction of sp³-hybridized carbons (Fsp3) is 0.353. The molecule has 1 N–H and O–H groups in total. The van der Waals surface area contributed by atoms with Crippen molar-refractivity contribution < 1.29 is 4.79 Å². The van der Waals surface area contributed by atoms with E-state index in [1.807, 2.05) is 37.3 Å². The Morgan fingerprint density at radius 1 is 1.32 bits per heavy atom. The standard InChI is InChI=1S/C17H18N6O2/c1-11(12-7-8-12)19-15(24)10-22-17(25)14-9-18-23(16(14)20-21-22)13-5-3-2-4-6-13/h2-6,9,11-12H,7-8,10H2,1H3,(H,19,24)/t11-/m1/s1. The van der Waals surface area contributed by atoms with Gasteiger partial charge in [-0.3, -0.25) is 9.59 Å². The minimum atomic E-state index is -0.374. The first-order chi connectivity index (χ1) is 12.1. The monoisotopic (exact) mass is 338 g/mol. The second-order valence-electron chi connectivity index (χ2n) is 6.38. The minimum Gasteiger partial charge on any atom is -0.352 e. The van der Waals surface area contributed by atoms with Gasteiger partial charge in [-0.2, -0.15) is 5.10 Å². The SMILES string of the molecule is C[C@@H](NC(=O)Cn1nnc2c(cnn2-c2ccccc2)c1=O)C1CC1. The Morgan fingerprint density at radius 2 is 2.08 bits per heavy atom. The molecule has 0 saturated heterocycles. The molecule has 4 rings (SSSR count). The van der Waals surface area contributed by atoms with Gasteiger partial charge in [0.1, 0.15) is 11.9 Å². The van der Waals surface area contributed by atoms with Gasteiger partial charge in [-0.25, -0.2) is 9.36 Å². The predicted molar refractivity (Wildman–Crippen MR) is 91.2 cm³/mol. The smallest absolute Gasteiger partial charge is 0.281 e. The molecule has 0 bridgehead atoms. The van der Waals surface area contributed by atoms with Gasteiger partial charge in [-0.1, -0.05) is 23.4 Å². The van der Waals surface area contributed by atoms with Gasteiger partial charge in [0.2, 0.25) is 5.91 Å². The Balaban J connectivity index is 1.60. The van der Waals surface area contributed by atoms with Crippen molar-refractivity contribution >= 4 is 16.9 Å². The van der Waals surface area contributed by atoms with E-state index in [1.54, 1.807) is 4.68 Å². The second kappa shape index (κ2) is 6.12. The number of hydrogen-bond acceptors (Lipinski definition) is 5. The topological polar surface area (TPSA) is 94.7 Å². The number of amides is 1. The summed E-state index contributed by atoms with van der Waals surface area (Å²) in [4.78, 5) is 24.7. The van der Waals surface area contributed by atoms with Gasteiger partial charge < -0.3 is 5.32 Å². The molecule has 1 atom stereocenters. The van der Waals surface area contributed by atoms with Crippen LogP contribution in [0.15, 0.2) is 41.3 Å². The number of benzene rings is 1. The molecule has 2 aromatic heterocycles. The molecular weight excluding hydrogens is 320 g/mol. The third-order valence-corrected chi connectivity index (χ3v) is 4.47. The van der Waals surface area contributed by atoms with Gasteiger partial charge >= 0.3 is 0 Å². The van der Waals surface area contributed by atoms with Gasteiger partial charge in [0.05, 0.1) is 11.9 Å². The molecule has 0 radical (unpaired) electrons. The van der Waals surface area contributed by atoms with Crippen LogP contribution in [0, 0.1) is 5.92 Å². The fourth-order valence-electron chi connectivity index (χ4n) is 2.88. The van der Waals surface area contributed by atoms with Gasteiger partial charge in [0.25, 0.3) is 5.56 Å². The van der Waals surface area contributed by atoms with E-state index < -0.39 is 0 Å². The summed E-state index contributed by atoms with van der Waals surface area (Å²) >= 11 is 0. The highest BCUT2D eigenvalue weighted by atomic mass is 16.2. The van der Waals surface area contributed by atoms with Crippen molar-refractivity contribution in [2.75, 3.05) is 0 Å². The lowest BCUT2D eigenvalue weighted by Gasteiger charge is -2.12. The molecule has 3 aromatic rings. The lowest BCUT2D eigenvalue weighted by molar-refractivity contribution is -0.122. The van der Waals surface area contributed by atoms with Crippen molar-refractivity contribution in [1.29, 1.82) is 0 Å². The maximum Gasteiger partial charge on any atom is 0.281 e. The fourth-order valence-corrected chi connectivity index (χ4v) is 2.88. The average molecular weight is 338 g/mol. The molecule has 2 heterocycles. The first-order valence-electron chi connectivity index (χ1n) is 8.30. The third kappa shape index (κ3) is 3.02. The molecular formula is C17H18N6O2. The number of aromatic nitrogens is 5. The van der Waals surface area contributed by atoms with Crippen molar-refractivity contribution in [3.63, 3.8) is 0 Å². The molecule has 25 heavy (non-hydrogen) atoms. The van der Waals surface area contributed by atoms with Crippen molar-refractivity contribution in [2.24, 2.45) is 5.92 Å². The van der Waals surface area contributed by atoms with E-state index in [-0.39, 0.29) is 24.1 Å². The van der Waals surface area contributed by atoms with Gasteiger partial charge in [0, 0.05) is 6.04 Å².